The Hall–Kier alpha value is -0.760. The minimum Gasteiger partial charge on any atom is -0.485 e. The van der Waals surface area contributed by atoms with E-state index in [4.69, 9.17) is 32.7 Å². The molecule has 4 nitrogen and oxygen atoms in total. The van der Waals surface area contributed by atoms with Crippen molar-refractivity contribution in [3.05, 3.63) is 60.5 Å². The van der Waals surface area contributed by atoms with E-state index in [2.05, 4.69) is 60.7 Å². The van der Waals surface area contributed by atoms with Crippen molar-refractivity contribution < 1.29 is 9.47 Å². The Bertz CT molecular complexity index is 1100. The van der Waals surface area contributed by atoms with Crippen LogP contribution in [0.5, 0.6) is 11.5 Å². The molecule has 2 aromatic rings. The van der Waals surface area contributed by atoms with Crippen LogP contribution in [0, 0.1) is 0 Å². The summed E-state index contributed by atoms with van der Waals surface area (Å²) in [4.78, 5) is 0. The van der Waals surface area contributed by atoms with Crippen LogP contribution < -0.4 is 20.1 Å². The number of halogens is 4. The standard InChI is InChI=1S/C13H15BrClNO.C13H13BrClNO/c2*14-10-7-9-1-2-13(3-5-16-6-4-13)17-12(9)11(15)8-10/h7-8,16H,1-6H2;1-2,7-8,16H,3-6H2. The summed E-state index contributed by atoms with van der Waals surface area (Å²) < 4.78 is 14.4. The predicted molar refractivity (Wildman–Crippen MR) is 147 cm³/mol. The second kappa shape index (κ2) is 10.3. The molecule has 4 heterocycles. The van der Waals surface area contributed by atoms with Crippen LogP contribution >= 0.6 is 55.1 Å². The molecule has 182 valence electrons. The first kappa shape index (κ1) is 24.9. The Morgan fingerprint density at radius 2 is 1.35 bits per heavy atom. The summed E-state index contributed by atoms with van der Waals surface area (Å²) >= 11 is 19.4. The fourth-order valence-electron chi connectivity index (χ4n) is 5.19. The number of rotatable bonds is 0. The lowest BCUT2D eigenvalue weighted by Gasteiger charge is -2.42. The third-order valence-electron chi connectivity index (χ3n) is 7.13. The predicted octanol–water partition coefficient (Wildman–Crippen LogP) is 7.18. The van der Waals surface area contributed by atoms with Crippen molar-refractivity contribution in [3.8, 4) is 11.5 Å². The Morgan fingerprint density at radius 3 is 2.06 bits per heavy atom. The van der Waals surface area contributed by atoms with Crippen molar-refractivity contribution in [3.63, 3.8) is 0 Å². The fourth-order valence-corrected chi connectivity index (χ4v) is 6.97. The third kappa shape index (κ3) is 5.33. The molecule has 2 spiro atoms. The average Bonchev–Trinajstić information content (AvgIpc) is 2.82. The van der Waals surface area contributed by atoms with E-state index >= 15 is 0 Å². The zero-order valence-electron chi connectivity index (χ0n) is 18.9. The highest BCUT2D eigenvalue weighted by Crippen LogP contribution is 2.44. The largest absolute Gasteiger partial charge is 0.485 e. The van der Waals surface area contributed by atoms with Gasteiger partial charge >= 0.3 is 0 Å². The summed E-state index contributed by atoms with van der Waals surface area (Å²) in [5.41, 5.74) is 2.15. The van der Waals surface area contributed by atoms with Gasteiger partial charge in [0.2, 0.25) is 0 Å². The van der Waals surface area contributed by atoms with Gasteiger partial charge in [-0.3, -0.25) is 0 Å². The Morgan fingerprint density at radius 1 is 0.735 bits per heavy atom. The number of hydrogen-bond acceptors (Lipinski definition) is 4. The van der Waals surface area contributed by atoms with Gasteiger partial charge in [0.15, 0.2) is 0 Å². The van der Waals surface area contributed by atoms with E-state index in [1.54, 1.807) is 0 Å². The Balaban J connectivity index is 0.000000142. The summed E-state index contributed by atoms with van der Waals surface area (Å²) in [7, 11) is 0. The van der Waals surface area contributed by atoms with E-state index in [1.807, 2.05) is 18.2 Å². The molecule has 0 radical (unpaired) electrons. The maximum Gasteiger partial charge on any atom is 0.146 e. The van der Waals surface area contributed by atoms with Crippen molar-refractivity contribution in [1.29, 1.82) is 0 Å². The quantitative estimate of drug-likeness (QED) is 0.324. The van der Waals surface area contributed by atoms with E-state index in [9.17, 15) is 0 Å². The van der Waals surface area contributed by atoms with Crippen molar-refractivity contribution >= 4 is 61.1 Å². The second-order valence-electron chi connectivity index (χ2n) is 9.47. The van der Waals surface area contributed by atoms with Gasteiger partial charge in [0.25, 0.3) is 0 Å². The monoisotopic (exact) mass is 628 g/mol. The molecule has 4 aliphatic heterocycles. The molecular formula is C26H28Br2Cl2N2O2. The Kier molecular flexibility index (Phi) is 7.56. The molecule has 2 saturated heterocycles. The molecule has 4 aliphatic rings. The first-order valence-electron chi connectivity index (χ1n) is 11.8. The SMILES string of the molecule is Clc1cc(Br)cc2c1OC1(C=C2)CCNCC1.Clc1cc(Br)cc2c1OC1(CCNCC1)CC2. The van der Waals surface area contributed by atoms with Gasteiger partial charge in [-0.1, -0.05) is 61.1 Å². The minimum atomic E-state index is -0.157. The van der Waals surface area contributed by atoms with E-state index in [0.29, 0.717) is 5.02 Å². The van der Waals surface area contributed by atoms with Gasteiger partial charge < -0.3 is 20.1 Å². The molecule has 0 saturated carbocycles. The maximum absolute atomic E-state index is 6.28. The maximum atomic E-state index is 6.28. The number of piperidine rings is 2. The van der Waals surface area contributed by atoms with Crippen LogP contribution in [0.3, 0.4) is 0 Å². The number of nitrogens with one attached hydrogen (secondary N) is 2. The zero-order chi connectivity index (χ0) is 23.8. The lowest BCUT2D eigenvalue weighted by Crippen LogP contribution is -2.48. The topological polar surface area (TPSA) is 42.5 Å². The molecule has 8 heteroatoms. The van der Waals surface area contributed by atoms with Gasteiger partial charge in [-0.15, -0.1) is 0 Å². The van der Waals surface area contributed by atoms with Crippen molar-refractivity contribution in [1.82, 2.24) is 10.6 Å². The molecule has 0 aromatic heterocycles. The smallest absolute Gasteiger partial charge is 0.146 e. The molecule has 0 aliphatic carbocycles. The minimum absolute atomic E-state index is 0.0235. The van der Waals surface area contributed by atoms with Gasteiger partial charge in [-0.2, -0.15) is 0 Å². The van der Waals surface area contributed by atoms with Crippen LogP contribution in [0.1, 0.15) is 43.2 Å². The van der Waals surface area contributed by atoms with E-state index in [-0.39, 0.29) is 11.2 Å². The summed E-state index contributed by atoms with van der Waals surface area (Å²) in [6, 6.07) is 7.95. The number of aryl methyl sites for hydroxylation is 1. The molecule has 0 atom stereocenters. The number of hydrogen-bond donors (Lipinski definition) is 2. The van der Waals surface area contributed by atoms with Gasteiger partial charge in [-0.25, -0.2) is 0 Å². The summed E-state index contributed by atoms with van der Waals surface area (Å²) in [5.74, 6) is 1.72. The lowest BCUT2D eigenvalue weighted by atomic mass is 9.84. The first-order valence-corrected chi connectivity index (χ1v) is 14.2. The lowest BCUT2D eigenvalue weighted by molar-refractivity contribution is 0.0171. The molecule has 0 amide bonds. The third-order valence-corrected chi connectivity index (χ3v) is 8.60. The van der Waals surface area contributed by atoms with Crippen LogP contribution in [0.4, 0.5) is 0 Å². The first-order chi connectivity index (χ1) is 16.4. The van der Waals surface area contributed by atoms with E-state index in [1.165, 1.54) is 5.56 Å². The van der Waals surface area contributed by atoms with Crippen molar-refractivity contribution in [2.75, 3.05) is 26.2 Å². The summed E-state index contributed by atoms with van der Waals surface area (Å²) in [5, 5.41) is 8.14. The zero-order valence-corrected chi connectivity index (χ0v) is 23.5. The molecule has 2 aromatic carbocycles. The Labute approximate surface area is 228 Å². The van der Waals surface area contributed by atoms with Crippen LogP contribution in [0.2, 0.25) is 10.0 Å². The normalized spacial score (nSPS) is 21.5. The molecule has 6 rings (SSSR count). The molecular weight excluding hydrogens is 603 g/mol. The van der Waals surface area contributed by atoms with Crippen LogP contribution in [-0.2, 0) is 6.42 Å². The summed E-state index contributed by atoms with van der Waals surface area (Å²) in [6.07, 6.45) is 10.6. The van der Waals surface area contributed by atoms with Crippen LogP contribution in [0.25, 0.3) is 6.08 Å². The molecule has 2 fully saturated rings. The fraction of sp³-hybridized carbons (Fsp3) is 0.462. The summed E-state index contributed by atoms with van der Waals surface area (Å²) in [6.45, 7) is 4.08. The van der Waals surface area contributed by atoms with Crippen LogP contribution in [0.15, 0.2) is 39.3 Å². The van der Waals surface area contributed by atoms with Crippen molar-refractivity contribution in [2.45, 2.75) is 49.7 Å². The van der Waals surface area contributed by atoms with Gasteiger partial charge in [-0.05, 0) is 87.8 Å². The highest BCUT2D eigenvalue weighted by molar-refractivity contribution is 9.10. The van der Waals surface area contributed by atoms with E-state index in [0.717, 1.165) is 95.7 Å². The number of ether oxygens (including phenoxy) is 2. The van der Waals surface area contributed by atoms with Crippen LogP contribution in [-0.4, -0.2) is 37.4 Å². The van der Waals surface area contributed by atoms with Gasteiger partial charge in [0, 0.05) is 27.4 Å². The highest BCUT2D eigenvalue weighted by atomic mass is 79.9. The van der Waals surface area contributed by atoms with Crippen molar-refractivity contribution in [2.24, 2.45) is 0 Å². The molecule has 0 unspecified atom stereocenters. The number of benzene rings is 2. The molecule has 2 N–H and O–H groups in total. The number of fused-ring (bicyclic) bond motifs is 2. The second-order valence-corrected chi connectivity index (χ2v) is 12.1. The van der Waals surface area contributed by atoms with Gasteiger partial charge in [0.1, 0.15) is 22.7 Å². The average molecular weight is 631 g/mol. The van der Waals surface area contributed by atoms with Gasteiger partial charge in [0.05, 0.1) is 10.0 Å². The molecule has 34 heavy (non-hydrogen) atoms. The highest BCUT2D eigenvalue weighted by Gasteiger charge is 2.38. The van der Waals surface area contributed by atoms with E-state index < -0.39 is 0 Å². The molecule has 0 bridgehead atoms.